The van der Waals surface area contributed by atoms with Crippen LogP contribution in [-0.2, 0) is 4.79 Å². The molecule has 0 saturated heterocycles. The molecule has 138 valence electrons. The maximum absolute atomic E-state index is 12.9. The highest BCUT2D eigenvalue weighted by Gasteiger charge is 2.36. The van der Waals surface area contributed by atoms with Crippen LogP contribution in [0, 0.1) is 5.92 Å². The Labute approximate surface area is 158 Å². The van der Waals surface area contributed by atoms with Gasteiger partial charge in [0.25, 0.3) is 5.91 Å². The minimum Gasteiger partial charge on any atom is -0.340 e. The second-order valence-corrected chi connectivity index (χ2v) is 7.81. The summed E-state index contributed by atoms with van der Waals surface area (Å²) in [5, 5.41) is 6.69. The molecule has 3 rings (SSSR count). The largest absolute Gasteiger partial charge is 0.340 e. The molecule has 0 fully saturated rings. The maximum atomic E-state index is 12.9. The molecule has 0 bridgehead atoms. The van der Waals surface area contributed by atoms with Crippen molar-refractivity contribution in [2.75, 3.05) is 32.2 Å². The lowest BCUT2D eigenvalue weighted by Crippen LogP contribution is -3.05. The van der Waals surface area contributed by atoms with Gasteiger partial charge in [-0.1, -0.05) is 36.8 Å². The fraction of sp³-hybridized carbons (Fsp3) is 0.474. The third-order valence-corrected chi connectivity index (χ3v) is 5.26. The monoisotopic (exact) mass is 372 g/mol. The van der Waals surface area contributed by atoms with Crippen molar-refractivity contribution in [3.05, 3.63) is 24.3 Å². The summed E-state index contributed by atoms with van der Waals surface area (Å²) in [5.41, 5.74) is 1.79. The third-order valence-electron chi connectivity index (χ3n) is 4.25. The SMILES string of the molecule is CCCC1=NN(c2nc3ccccc3s2)C(=O)[C@@H]1C=NCCC[NH+](C)C. The molecule has 1 N–H and O–H groups in total. The van der Waals surface area contributed by atoms with Gasteiger partial charge in [0.1, 0.15) is 5.92 Å². The Morgan fingerprint density at radius 3 is 2.88 bits per heavy atom. The lowest BCUT2D eigenvalue weighted by molar-refractivity contribution is -0.858. The van der Waals surface area contributed by atoms with Gasteiger partial charge >= 0.3 is 0 Å². The maximum Gasteiger partial charge on any atom is 0.263 e. The smallest absolute Gasteiger partial charge is 0.263 e. The van der Waals surface area contributed by atoms with E-state index in [1.807, 2.05) is 24.3 Å². The number of para-hydroxylation sites is 1. The number of anilines is 1. The molecule has 1 aliphatic rings. The summed E-state index contributed by atoms with van der Waals surface area (Å²) >= 11 is 1.50. The number of fused-ring (bicyclic) bond motifs is 1. The summed E-state index contributed by atoms with van der Waals surface area (Å²) in [6.45, 7) is 3.92. The molecule has 2 heterocycles. The van der Waals surface area contributed by atoms with Crippen molar-refractivity contribution < 1.29 is 9.69 Å². The molecule has 0 aliphatic carbocycles. The van der Waals surface area contributed by atoms with E-state index in [4.69, 9.17) is 0 Å². The summed E-state index contributed by atoms with van der Waals surface area (Å²) < 4.78 is 1.06. The van der Waals surface area contributed by atoms with Crippen molar-refractivity contribution in [1.82, 2.24) is 4.98 Å². The Morgan fingerprint density at radius 1 is 1.35 bits per heavy atom. The van der Waals surface area contributed by atoms with Gasteiger partial charge in [-0.25, -0.2) is 4.98 Å². The highest BCUT2D eigenvalue weighted by atomic mass is 32.1. The average molecular weight is 373 g/mol. The Bertz CT molecular complexity index is 793. The first kappa shape index (κ1) is 18.7. The zero-order valence-electron chi connectivity index (χ0n) is 15.6. The Hall–Kier alpha value is -2.12. The predicted octanol–water partition coefficient (Wildman–Crippen LogP) is 2.02. The van der Waals surface area contributed by atoms with Gasteiger partial charge in [-0.3, -0.25) is 9.79 Å². The number of carbonyl (C=O) groups excluding carboxylic acids is 1. The summed E-state index contributed by atoms with van der Waals surface area (Å²) in [6, 6.07) is 7.90. The van der Waals surface area contributed by atoms with E-state index in [0.29, 0.717) is 5.13 Å². The molecule has 0 radical (unpaired) electrons. The normalized spacial score (nSPS) is 17.8. The number of quaternary nitrogens is 1. The molecule has 0 spiro atoms. The van der Waals surface area contributed by atoms with Gasteiger partial charge in [-0.2, -0.15) is 10.1 Å². The summed E-state index contributed by atoms with van der Waals surface area (Å²) in [7, 11) is 4.26. The van der Waals surface area contributed by atoms with Crippen LogP contribution in [0.25, 0.3) is 10.2 Å². The van der Waals surface area contributed by atoms with E-state index in [0.717, 1.165) is 48.3 Å². The first-order valence-electron chi connectivity index (χ1n) is 9.16. The quantitative estimate of drug-likeness (QED) is 0.569. The lowest BCUT2D eigenvalue weighted by atomic mass is 10.0. The molecule has 6 nitrogen and oxygen atoms in total. The minimum atomic E-state index is -0.353. The van der Waals surface area contributed by atoms with Gasteiger partial charge in [-0.05, 0) is 18.6 Å². The number of hydrogen-bond acceptors (Lipinski definition) is 5. The number of benzene rings is 1. The number of aliphatic imine (C=N–C) groups is 1. The molecule has 1 aromatic carbocycles. The van der Waals surface area contributed by atoms with E-state index in [1.54, 1.807) is 6.21 Å². The van der Waals surface area contributed by atoms with Crippen LogP contribution < -0.4 is 9.91 Å². The Morgan fingerprint density at radius 2 is 2.15 bits per heavy atom. The van der Waals surface area contributed by atoms with Crippen molar-refractivity contribution in [2.45, 2.75) is 26.2 Å². The molecule has 7 heteroatoms. The lowest BCUT2D eigenvalue weighted by Gasteiger charge is -2.08. The first-order chi connectivity index (χ1) is 12.6. The molecule has 1 atom stereocenters. The Balaban J connectivity index is 1.76. The molecule has 1 amide bonds. The van der Waals surface area contributed by atoms with Crippen LogP contribution in [0.15, 0.2) is 34.4 Å². The zero-order chi connectivity index (χ0) is 18.5. The van der Waals surface area contributed by atoms with Gasteiger partial charge < -0.3 is 4.90 Å². The van der Waals surface area contributed by atoms with Crippen molar-refractivity contribution in [2.24, 2.45) is 16.0 Å². The standard InChI is InChI=1S/C19H25N5OS/c1-4-8-15-14(13-20-11-7-12-23(2)3)18(25)24(22-15)19-21-16-9-5-6-10-17(16)26-19/h5-6,9-10,13-14H,4,7-8,11-12H2,1-3H3/p+1/t14-/m1/s1. The molecule has 2 aromatic rings. The number of nitrogens with zero attached hydrogens (tertiary/aromatic N) is 4. The summed E-state index contributed by atoms with van der Waals surface area (Å²) in [5.74, 6) is -0.400. The second-order valence-electron chi connectivity index (χ2n) is 6.80. The molecule has 1 aromatic heterocycles. The van der Waals surface area contributed by atoms with Gasteiger partial charge in [0.15, 0.2) is 0 Å². The number of rotatable bonds is 8. The predicted molar refractivity (Wildman–Crippen MR) is 109 cm³/mol. The highest BCUT2D eigenvalue weighted by Crippen LogP contribution is 2.32. The van der Waals surface area contributed by atoms with E-state index >= 15 is 0 Å². The van der Waals surface area contributed by atoms with E-state index in [-0.39, 0.29) is 11.8 Å². The van der Waals surface area contributed by atoms with E-state index in [9.17, 15) is 4.79 Å². The van der Waals surface area contributed by atoms with Crippen LogP contribution in [0.4, 0.5) is 5.13 Å². The molecule has 0 saturated carbocycles. The van der Waals surface area contributed by atoms with E-state index in [2.05, 4.69) is 36.1 Å². The third kappa shape index (κ3) is 4.16. The molecular weight excluding hydrogens is 346 g/mol. The van der Waals surface area contributed by atoms with Gasteiger partial charge in [-0.15, -0.1) is 0 Å². The van der Waals surface area contributed by atoms with Crippen molar-refractivity contribution >= 4 is 44.5 Å². The highest BCUT2D eigenvalue weighted by molar-refractivity contribution is 7.22. The summed E-state index contributed by atoms with van der Waals surface area (Å²) in [4.78, 5) is 23.4. The van der Waals surface area contributed by atoms with Crippen LogP contribution in [-0.4, -0.2) is 50.0 Å². The van der Waals surface area contributed by atoms with Crippen LogP contribution in [0.3, 0.4) is 0 Å². The second kappa shape index (κ2) is 8.51. The van der Waals surface area contributed by atoms with Crippen LogP contribution in [0.5, 0.6) is 0 Å². The van der Waals surface area contributed by atoms with E-state index < -0.39 is 0 Å². The summed E-state index contributed by atoms with van der Waals surface area (Å²) in [6.07, 6.45) is 4.55. The van der Waals surface area contributed by atoms with Crippen LogP contribution in [0.1, 0.15) is 26.2 Å². The Kier molecular flexibility index (Phi) is 6.11. The number of nitrogens with one attached hydrogen (secondary N) is 1. The molecule has 1 aliphatic heterocycles. The first-order valence-corrected chi connectivity index (χ1v) is 9.97. The minimum absolute atomic E-state index is 0.0468. The fourth-order valence-electron chi connectivity index (χ4n) is 2.92. The van der Waals surface area contributed by atoms with Crippen molar-refractivity contribution in [1.29, 1.82) is 0 Å². The molecule has 0 unspecified atom stereocenters. The van der Waals surface area contributed by atoms with Crippen LogP contribution in [0.2, 0.25) is 0 Å². The number of thiazole rings is 1. The van der Waals surface area contributed by atoms with Gasteiger partial charge in [0.05, 0.1) is 36.6 Å². The van der Waals surface area contributed by atoms with E-state index in [1.165, 1.54) is 21.2 Å². The zero-order valence-corrected chi connectivity index (χ0v) is 16.4. The van der Waals surface area contributed by atoms with Crippen molar-refractivity contribution in [3.8, 4) is 0 Å². The number of hydrazone groups is 1. The van der Waals surface area contributed by atoms with Crippen LogP contribution >= 0.6 is 11.3 Å². The average Bonchev–Trinajstić information content (AvgIpc) is 3.17. The van der Waals surface area contributed by atoms with Gasteiger partial charge in [0.2, 0.25) is 5.13 Å². The number of carbonyl (C=O) groups is 1. The van der Waals surface area contributed by atoms with Gasteiger partial charge in [0, 0.05) is 19.2 Å². The molecular formula is C19H26N5OS+. The number of amides is 1. The molecule has 26 heavy (non-hydrogen) atoms. The number of aromatic nitrogens is 1. The van der Waals surface area contributed by atoms with Crippen molar-refractivity contribution in [3.63, 3.8) is 0 Å². The number of hydrogen-bond donors (Lipinski definition) is 1. The topological polar surface area (TPSA) is 62.4 Å². The fourth-order valence-corrected chi connectivity index (χ4v) is 3.84.